The summed E-state index contributed by atoms with van der Waals surface area (Å²) in [5.74, 6) is -1.61. The zero-order valence-electron chi connectivity index (χ0n) is 9.91. The first-order valence-electron chi connectivity index (χ1n) is 5.30. The summed E-state index contributed by atoms with van der Waals surface area (Å²) in [7, 11) is 0. The van der Waals surface area contributed by atoms with E-state index in [4.69, 9.17) is 5.73 Å². The second-order valence-corrected chi connectivity index (χ2v) is 3.70. The number of carbonyl (C=O) groups is 1. The first-order chi connectivity index (χ1) is 9.47. The van der Waals surface area contributed by atoms with E-state index in [1.807, 2.05) is 0 Å². The van der Waals surface area contributed by atoms with Crippen molar-refractivity contribution in [3.63, 3.8) is 0 Å². The number of halogens is 1. The Balaban J connectivity index is 2.22. The first kappa shape index (κ1) is 13.3. The summed E-state index contributed by atoms with van der Waals surface area (Å²) in [6.45, 7) is 0. The number of anilines is 2. The highest BCUT2D eigenvalue weighted by Crippen LogP contribution is 2.20. The molecule has 1 amide bonds. The van der Waals surface area contributed by atoms with Gasteiger partial charge < -0.3 is 11.1 Å². The van der Waals surface area contributed by atoms with Crippen molar-refractivity contribution in [3.05, 3.63) is 52.2 Å². The Hall–Kier alpha value is -3.10. The number of nitro groups is 1. The van der Waals surface area contributed by atoms with Crippen LogP contribution in [0.5, 0.6) is 0 Å². The molecule has 0 fully saturated rings. The summed E-state index contributed by atoms with van der Waals surface area (Å²) >= 11 is 0. The van der Waals surface area contributed by atoms with Crippen LogP contribution >= 0.6 is 0 Å². The van der Waals surface area contributed by atoms with Gasteiger partial charge in [-0.25, -0.2) is 9.37 Å². The minimum Gasteiger partial charge on any atom is -0.382 e. The minimum absolute atomic E-state index is 0.0434. The maximum atomic E-state index is 13.6. The van der Waals surface area contributed by atoms with E-state index in [2.05, 4.69) is 15.3 Å². The molecule has 1 aromatic carbocycles. The van der Waals surface area contributed by atoms with E-state index < -0.39 is 22.3 Å². The molecule has 102 valence electrons. The second kappa shape index (κ2) is 5.26. The third-order valence-corrected chi connectivity index (χ3v) is 2.30. The van der Waals surface area contributed by atoms with Crippen molar-refractivity contribution < 1.29 is 14.1 Å². The number of nitro benzene ring substituents is 1. The van der Waals surface area contributed by atoms with Gasteiger partial charge in [0.25, 0.3) is 11.6 Å². The number of rotatable bonds is 3. The number of carbonyl (C=O) groups excluding carboxylic acids is 1. The van der Waals surface area contributed by atoms with E-state index in [0.29, 0.717) is 6.07 Å². The Morgan fingerprint density at radius 3 is 2.75 bits per heavy atom. The number of hydrogen-bond acceptors (Lipinski definition) is 6. The van der Waals surface area contributed by atoms with E-state index in [-0.39, 0.29) is 17.2 Å². The van der Waals surface area contributed by atoms with Gasteiger partial charge in [0.15, 0.2) is 5.82 Å². The quantitative estimate of drug-likeness (QED) is 0.644. The van der Waals surface area contributed by atoms with Crippen molar-refractivity contribution in [2.24, 2.45) is 0 Å². The van der Waals surface area contributed by atoms with Crippen LogP contribution < -0.4 is 11.1 Å². The summed E-state index contributed by atoms with van der Waals surface area (Å²) in [5, 5.41) is 12.7. The fraction of sp³-hybridized carbons (Fsp3) is 0. The van der Waals surface area contributed by atoms with Gasteiger partial charge in [-0.05, 0) is 6.07 Å². The first-order valence-corrected chi connectivity index (χ1v) is 5.30. The third kappa shape index (κ3) is 2.83. The molecule has 0 saturated carbocycles. The Bertz CT molecular complexity index is 692. The van der Waals surface area contributed by atoms with Gasteiger partial charge in [-0.2, -0.15) is 0 Å². The summed E-state index contributed by atoms with van der Waals surface area (Å²) in [6.07, 6.45) is 2.41. The van der Waals surface area contributed by atoms with Gasteiger partial charge in [-0.3, -0.25) is 19.9 Å². The predicted octanol–water partition coefficient (Wildman–Crippen LogP) is 1.36. The average molecular weight is 277 g/mol. The van der Waals surface area contributed by atoms with Gasteiger partial charge in [-0.15, -0.1) is 0 Å². The standard InChI is InChI=1S/C11H8FN5O3/c12-7-3-6(17(19)20)1-2-8(7)16-11(18)9-4-14-5-10(13)15-9/h1-5H,(H2,13,15)(H,16,18). The molecule has 0 aliphatic carbocycles. The maximum Gasteiger partial charge on any atom is 0.276 e. The van der Waals surface area contributed by atoms with Gasteiger partial charge >= 0.3 is 0 Å². The molecule has 0 spiro atoms. The van der Waals surface area contributed by atoms with Crippen LogP contribution in [0.15, 0.2) is 30.6 Å². The number of aromatic nitrogens is 2. The molecule has 2 rings (SSSR count). The van der Waals surface area contributed by atoms with Crippen molar-refractivity contribution in [2.75, 3.05) is 11.1 Å². The molecular weight excluding hydrogens is 269 g/mol. The monoisotopic (exact) mass is 277 g/mol. The SMILES string of the molecule is Nc1cncc(C(=O)Nc2ccc([N+](=O)[O-])cc2F)n1. The number of benzene rings is 1. The molecule has 0 unspecified atom stereocenters. The normalized spacial score (nSPS) is 10.1. The number of hydrogen-bond donors (Lipinski definition) is 2. The van der Waals surface area contributed by atoms with Gasteiger partial charge in [0, 0.05) is 6.07 Å². The van der Waals surface area contributed by atoms with E-state index in [1.54, 1.807) is 0 Å². The second-order valence-electron chi connectivity index (χ2n) is 3.70. The van der Waals surface area contributed by atoms with Crippen molar-refractivity contribution in [3.8, 4) is 0 Å². The van der Waals surface area contributed by atoms with Crippen LogP contribution in [0.3, 0.4) is 0 Å². The molecule has 0 atom stereocenters. The molecule has 0 aliphatic rings. The summed E-state index contributed by atoms with van der Waals surface area (Å²) in [5.41, 5.74) is 4.66. The molecule has 0 saturated heterocycles. The maximum absolute atomic E-state index is 13.6. The Kier molecular flexibility index (Phi) is 3.51. The fourth-order valence-electron chi connectivity index (χ4n) is 1.40. The predicted molar refractivity (Wildman–Crippen MR) is 67.5 cm³/mol. The number of nitrogens with two attached hydrogens (primary N) is 1. The lowest BCUT2D eigenvalue weighted by Crippen LogP contribution is -2.15. The van der Waals surface area contributed by atoms with Crippen LogP contribution in [0.25, 0.3) is 0 Å². The van der Waals surface area contributed by atoms with Crippen molar-refractivity contribution >= 4 is 23.1 Å². The minimum atomic E-state index is -0.926. The molecule has 0 aliphatic heterocycles. The summed E-state index contributed by atoms with van der Waals surface area (Å²) in [4.78, 5) is 28.9. The zero-order chi connectivity index (χ0) is 14.7. The van der Waals surface area contributed by atoms with Crippen LogP contribution in [-0.4, -0.2) is 20.8 Å². The van der Waals surface area contributed by atoms with Crippen LogP contribution in [-0.2, 0) is 0 Å². The lowest BCUT2D eigenvalue weighted by molar-refractivity contribution is -0.385. The zero-order valence-corrected chi connectivity index (χ0v) is 9.91. The Morgan fingerprint density at radius 2 is 2.15 bits per heavy atom. The lowest BCUT2D eigenvalue weighted by atomic mass is 10.2. The molecule has 9 heteroatoms. The smallest absolute Gasteiger partial charge is 0.276 e. The van der Waals surface area contributed by atoms with Gasteiger partial charge in [0.05, 0.1) is 29.1 Å². The molecule has 20 heavy (non-hydrogen) atoms. The Labute approximate surface area is 111 Å². The number of nitrogens with zero attached hydrogens (tertiary/aromatic N) is 3. The van der Waals surface area contributed by atoms with Crippen LogP contribution in [0.1, 0.15) is 10.5 Å². The third-order valence-electron chi connectivity index (χ3n) is 2.30. The molecule has 2 aromatic rings. The van der Waals surface area contributed by atoms with Gasteiger partial charge in [0.1, 0.15) is 11.5 Å². The van der Waals surface area contributed by atoms with Crippen molar-refractivity contribution in [1.29, 1.82) is 0 Å². The number of amides is 1. The highest BCUT2D eigenvalue weighted by molar-refractivity contribution is 6.02. The van der Waals surface area contributed by atoms with E-state index in [0.717, 1.165) is 18.3 Å². The Morgan fingerprint density at radius 1 is 1.40 bits per heavy atom. The largest absolute Gasteiger partial charge is 0.382 e. The summed E-state index contributed by atoms with van der Waals surface area (Å²) < 4.78 is 13.6. The topological polar surface area (TPSA) is 124 Å². The molecule has 3 N–H and O–H groups in total. The molecular formula is C11H8FN5O3. The molecule has 0 bridgehead atoms. The van der Waals surface area contributed by atoms with Crippen molar-refractivity contribution in [1.82, 2.24) is 9.97 Å². The highest BCUT2D eigenvalue weighted by atomic mass is 19.1. The average Bonchev–Trinajstić information content (AvgIpc) is 2.40. The molecule has 8 nitrogen and oxygen atoms in total. The van der Waals surface area contributed by atoms with Crippen LogP contribution in [0, 0.1) is 15.9 Å². The number of nitrogens with one attached hydrogen (secondary N) is 1. The van der Waals surface area contributed by atoms with E-state index in [1.165, 1.54) is 6.20 Å². The van der Waals surface area contributed by atoms with Gasteiger partial charge in [-0.1, -0.05) is 0 Å². The highest BCUT2D eigenvalue weighted by Gasteiger charge is 2.14. The van der Waals surface area contributed by atoms with Gasteiger partial charge in [0.2, 0.25) is 0 Å². The summed E-state index contributed by atoms with van der Waals surface area (Å²) in [6, 6.07) is 2.87. The number of nitrogen functional groups attached to an aromatic ring is 1. The molecule has 0 radical (unpaired) electrons. The molecule has 1 aromatic heterocycles. The van der Waals surface area contributed by atoms with Crippen molar-refractivity contribution in [2.45, 2.75) is 0 Å². The van der Waals surface area contributed by atoms with E-state index in [9.17, 15) is 19.3 Å². The number of non-ortho nitro benzene ring substituents is 1. The molecule has 1 heterocycles. The van der Waals surface area contributed by atoms with Crippen LogP contribution in [0.4, 0.5) is 21.6 Å². The fourth-order valence-corrected chi connectivity index (χ4v) is 1.40. The van der Waals surface area contributed by atoms with Crippen LogP contribution in [0.2, 0.25) is 0 Å². The lowest BCUT2D eigenvalue weighted by Gasteiger charge is -2.05. The van der Waals surface area contributed by atoms with E-state index >= 15 is 0 Å².